The van der Waals surface area contributed by atoms with Crippen LogP contribution in [-0.2, 0) is 13.1 Å². The maximum absolute atomic E-state index is 13.1. The Balaban J connectivity index is 1.63. The van der Waals surface area contributed by atoms with E-state index in [1.54, 1.807) is 35.4 Å². The van der Waals surface area contributed by atoms with Crippen molar-refractivity contribution in [3.63, 3.8) is 0 Å². The van der Waals surface area contributed by atoms with Gasteiger partial charge in [0.05, 0.1) is 23.9 Å². The molecule has 1 aromatic carbocycles. The molecule has 2 amide bonds. The molecule has 0 saturated carbocycles. The highest BCUT2D eigenvalue weighted by Gasteiger charge is 2.22. The van der Waals surface area contributed by atoms with E-state index in [0.29, 0.717) is 22.9 Å². The summed E-state index contributed by atoms with van der Waals surface area (Å²) in [5.41, 5.74) is 2.48. The van der Waals surface area contributed by atoms with Gasteiger partial charge in [-0.15, -0.1) is 11.3 Å². The fraction of sp³-hybridized carbons (Fsp3) is 0.167. The Labute approximate surface area is 189 Å². The molecular weight excluding hydrogens is 426 g/mol. The number of carbonyl (C=O) groups excluding carboxylic acids is 2. The lowest BCUT2D eigenvalue weighted by atomic mass is 10.1. The first-order chi connectivity index (χ1) is 15.5. The van der Waals surface area contributed by atoms with E-state index in [4.69, 9.17) is 8.83 Å². The number of nitrogens with one attached hydrogen (secondary N) is 1. The second-order valence-electron chi connectivity index (χ2n) is 7.39. The first-order valence-corrected chi connectivity index (χ1v) is 10.9. The molecule has 0 fully saturated rings. The fourth-order valence-electron chi connectivity index (χ4n) is 3.38. The predicted octanol–water partition coefficient (Wildman–Crippen LogP) is 5.10. The minimum Gasteiger partial charge on any atom is -0.467 e. The van der Waals surface area contributed by atoms with Crippen LogP contribution in [0.4, 0.5) is 11.4 Å². The Kier molecular flexibility index (Phi) is 6.42. The fourth-order valence-corrected chi connectivity index (χ4v) is 4.00. The molecule has 0 unspecified atom stereocenters. The Bertz CT molecular complexity index is 1170. The zero-order valence-corrected chi connectivity index (χ0v) is 18.6. The summed E-state index contributed by atoms with van der Waals surface area (Å²) in [4.78, 5) is 29.9. The van der Waals surface area contributed by atoms with Crippen molar-refractivity contribution in [1.29, 1.82) is 0 Å². The van der Waals surface area contributed by atoms with Crippen LogP contribution in [0.1, 0.15) is 31.6 Å². The van der Waals surface area contributed by atoms with E-state index in [9.17, 15) is 9.59 Å². The monoisotopic (exact) mass is 449 g/mol. The Morgan fingerprint density at radius 1 is 0.969 bits per heavy atom. The molecule has 0 aliphatic heterocycles. The number of rotatable bonds is 8. The van der Waals surface area contributed by atoms with E-state index in [1.165, 1.54) is 17.6 Å². The minimum absolute atomic E-state index is 0.164. The quantitative estimate of drug-likeness (QED) is 0.405. The molecule has 0 aliphatic carbocycles. The van der Waals surface area contributed by atoms with Crippen molar-refractivity contribution < 1.29 is 18.4 Å². The number of benzene rings is 1. The van der Waals surface area contributed by atoms with Crippen molar-refractivity contribution in [2.75, 3.05) is 24.3 Å². The number of nitrogens with zero attached hydrogens (tertiary/aromatic N) is 2. The molecule has 0 saturated heterocycles. The van der Waals surface area contributed by atoms with Gasteiger partial charge in [-0.3, -0.25) is 9.59 Å². The van der Waals surface area contributed by atoms with Crippen LogP contribution in [-0.4, -0.2) is 30.8 Å². The van der Waals surface area contributed by atoms with Gasteiger partial charge in [-0.2, -0.15) is 0 Å². The molecule has 1 N–H and O–H groups in total. The van der Waals surface area contributed by atoms with Gasteiger partial charge >= 0.3 is 0 Å². The van der Waals surface area contributed by atoms with Gasteiger partial charge < -0.3 is 24.0 Å². The summed E-state index contributed by atoms with van der Waals surface area (Å²) in [5, 5.41) is 4.80. The van der Waals surface area contributed by atoms with Gasteiger partial charge in [-0.1, -0.05) is 6.07 Å². The number of furan rings is 2. The van der Waals surface area contributed by atoms with Crippen molar-refractivity contribution >= 4 is 34.5 Å². The minimum atomic E-state index is -0.246. The molecular formula is C24H23N3O4S. The molecule has 0 radical (unpaired) electrons. The largest absolute Gasteiger partial charge is 0.467 e. The van der Waals surface area contributed by atoms with E-state index >= 15 is 0 Å². The van der Waals surface area contributed by atoms with Crippen molar-refractivity contribution in [3.8, 4) is 0 Å². The predicted molar refractivity (Wildman–Crippen MR) is 124 cm³/mol. The van der Waals surface area contributed by atoms with Crippen LogP contribution >= 0.6 is 11.3 Å². The van der Waals surface area contributed by atoms with Crippen LogP contribution in [0.2, 0.25) is 0 Å². The first kappa shape index (κ1) is 21.5. The number of hydrogen-bond donors (Lipinski definition) is 1. The standard InChI is InChI=1S/C24H23N3O4S/c1-26(2)20-10-9-18(25-23(28)22-8-5-13-32-22)14-17(20)15-27(16-19-6-3-11-30-19)24(29)21-7-4-12-31-21/h3-14H,15-16H2,1-2H3,(H,25,28). The third kappa shape index (κ3) is 4.92. The number of thiophene rings is 1. The molecule has 0 aliphatic rings. The second kappa shape index (κ2) is 9.57. The maximum atomic E-state index is 13.1. The lowest BCUT2D eigenvalue weighted by molar-refractivity contribution is 0.0685. The van der Waals surface area contributed by atoms with Gasteiger partial charge in [0.1, 0.15) is 5.76 Å². The molecule has 0 spiro atoms. The van der Waals surface area contributed by atoms with Crippen molar-refractivity contribution in [2.45, 2.75) is 13.1 Å². The number of carbonyl (C=O) groups is 2. The number of hydrogen-bond acceptors (Lipinski definition) is 6. The van der Waals surface area contributed by atoms with Gasteiger partial charge in [0.25, 0.3) is 11.8 Å². The molecule has 0 bridgehead atoms. The van der Waals surface area contributed by atoms with E-state index in [-0.39, 0.29) is 24.1 Å². The zero-order chi connectivity index (χ0) is 22.5. The maximum Gasteiger partial charge on any atom is 0.290 e. The van der Waals surface area contributed by atoms with Crippen molar-refractivity contribution in [3.05, 3.63) is 94.5 Å². The topological polar surface area (TPSA) is 78.9 Å². The van der Waals surface area contributed by atoms with E-state index in [1.807, 2.05) is 54.7 Å². The summed E-state index contributed by atoms with van der Waals surface area (Å²) in [5.74, 6) is 0.510. The molecule has 32 heavy (non-hydrogen) atoms. The van der Waals surface area contributed by atoms with Crippen LogP contribution in [0.15, 0.2) is 81.3 Å². The molecule has 8 heteroatoms. The molecule has 3 heterocycles. The molecule has 3 aromatic heterocycles. The highest BCUT2D eigenvalue weighted by Crippen LogP contribution is 2.26. The lowest BCUT2D eigenvalue weighted by Crippen LogP contribution is -2.30. The van der Waals surface area contributed by atoms with Crippen LogP contribution < -0.4 is 10.2 Å². The van der Waals surface area contributed by atoms with Crippen LogP contribution in [0.3, 0.4) is 0 Å². The smallest absolute Gasteiger partial charge is 0.290 e. The van der Waals surface area contributed by atoms with E-state index in [0.717, 1.165) is 11.3 Å². The summed E-state index contributed by atoms with van der Waals surface area (Å²) in [7, 11) is 3.88. The van der Waals surface area contributed by atoms with Crippen LogP contribution in [0.5, 0.6) is 0 Å². The molecule has 7 nitrogen and oxygen atoms in total. The first-order valence-electron chi connectivity index (χ1n) is 10.0. The zero-order valence-electron chi connectivity index (χ0n) is 17.8. The highest BCUT2D eigenvalue weighted by molar-refractivity contribution is 7.12. The summed E-state index contributed by atoms with van der Waals surface area (Å²) in [6, 6.07) is 16.2. The highest BCUT2D eigenvalue weighted by atomic mass is 32.1. The van der Waals surface area contributed by atoms with Gasteiger partial charge in [0, 0.05) is 32.0 Å². The van der Waals surface area contributed by atoms with Gasteiger partial charge in [-0.05, 0) is 59.5 Å². The van der Waals surface area contributed by atoms with E-state index < -0.39 is 0 Å². The number of amides is 2. The molecule has 4 aromatic rings. The lowest BCUT2D eigenvalue weighted by Gasteiger charge is -2.25. The Morgan fingerprint density at radius 2 is 1.78 bits per heavy atom. The van der Waals surface area contributed by atoms with Crippen LogP contribution in [0, 0.1) is 0 Å². The normalized spacial score (nSPS) is 10.7. The second-order valence-corrected chi connectivity index (χ2v) is 8.33. The summed E-state index contributed by atoms with van der Waals surface area (Å²) < 4.78 is 10.8. The summed E-state index contributed by atoms with van der Waals surface area (Å²) >= 11 is 1.38. The van der Waals surface area contributed by atoms with Gasteiger partial charge in [-0.25, -0.2) is 0 Å². The Hall–Kier alpha value is -3.78. The molecule has 164 valence electrons. The summed E-state index contributed by atoms with van der Waals surface area (Å²) in [6.07, 6.45) is 3.06. The third-order valence-electron chi connectivity index (χ3n) is 4.87. The van der Waals surface area contributed by atoms with Crippen LogP contribution in [0.25, 0.3) is 0 Å². The van der Waals surface area contributed by atoms with Gasteiger partial charge in [0.2, 0.25) is 0 Å². The van der Waals surface area contributed by atoms with Gasteiger partial charge in [0.15, 0.2) is 5.76 Å². The molecule has 0 atom stereocenters. The van der Waals surface area contributed by atoms with Crippen molar-refractivity contribution in [2.24, 2.45) is 0 Å². The average Bonchev–Trinajstić information content (AvgIpc) is 3.56. The summed E-state index contributed by atoms with van der Waals surface area (Å²) in [6.45, 7) is 0.585. The number of anilines is 2. The molecule has 4 rings (SSSR count). The third-order valence-corrected chi connectivity index (χ3v) is 5.74. The Morgan fingerprint density at radius 3 is 2.44 bits per heavy atom. The average molecular weight is 450 g/mol. The van der Waals surface area contributed by atoms with Crippen molar-refractivity contribution in [1.82, 2.24) is 4.90 Å². The SMILES string of the molecule is CN(C)c1ccc(NC(=O)c2cccs2)cc1CN(Cc1ccco1)C(=O)c1ccco1. The van der Waals surface area contributed by atoms with E-state index in [2.05, 4.69) is 5.32 Å².